The highest BCUT2D eigenvalue weighted by atomic mass is 19.1. The van der Waals surface area contributed by atoms with E-state index in [1.165, 1.54) is 0 Å². The second-order valence-electron chi connectivity index (χ2n) is 4.87. The van der Waals surface area contributed by atoms with Gasteiger partial charge in [-0.05, 0) is 41.5 Å². The summed E-state index contributed by atoms with van der Waals surface area (Å²) in [6.07, 6.45) is 0.689. The Balaban J connectivity index is 1.97. The molecule has 2 aromatic carbocycles. The monoisotopic (exact) mass is 285 g/mol. The first-order chi connectivity index (χ1) is 10.1. The van der Waals surface area contributed by atoms with Gasteiger partial charge in [-0.25, -0.2) is 8.78 Å². The molecule has 0 bridgehead atoms. The van der Waals surface area contributed by atoms with E-state index in [0.717, 1.165) is 29.1 Å². The Morgan fingerprint density at radius 3 is 2.71 bits per heavy atom. The number of hydrogen-bond acceptors (Lipinski definition) is 2. The molecule has 3 rings (SSSR count). The molecular formula is C17H13F2NO. The SMILES string of the molecule is OC(Cc1cc(F)ccc1F)c1ccnc2ccccc12. The van der Waals surface area contributed by atoms with Crippen LogP contribution in [0.4, 0.5) is 8.78 Å². The van der Waals surface area contributed by atoms with Gasteiger partial charge in [0.1, 0.15) is 11.6 Å². The number of halogens is 2. The lowest BCUT2D eigenvalue weighted by atomic mass is 9.98. The minimum atomic E-state index is -0.922. The Kier molecular flexibility index (Phi) is 3.62. The molecule has 1 aromatic heterocycles. The zero-order valence-electron chi connectivity index (χ0n) is 11.1. The molecule has 21 heavy (non-hydrogen) atoms. The Morgan fingerprint density at radius 1 is 1.05 bits per heavy atom. The minimum Gasteiger partial charge on any atom is -0.388 e. The van der Waals surface area contributed by atoms with Gasteiger partial charge in [0, 0.05) is 18.0 Å². The lowest BCUT2D eigenvalue weighted by molar-refractivity contribution is 0.178. The summed E-state index contributed by atoms with van der Waals surface area (Å²) in [7, 11) is 0. The normalized spacial score (nSPS) is 12.5. The van der Waals surface area contributed by atoms with Crippen LogP contribution in [0.5, 0.6) is 0 Å². The second kappa shape index (κ2) is 5.58. The molecule has 0 aliphatic heterocycles. The Morgan fingerprint density at radius 2 is 1.86 bits per heavy atom. The molecule has 1 atom stereocenters. The first kappa shape index (κ1) is 13.6. The van der Waals surface area contributed by atoms with Crippen molar-refractivity contribution >= 4 is 10.9 Å². The molecule has 0 spiro atoms. The van der Waals surface area contributed by atoms with Crippen molar-refractivity contribution < 1.29 is 13.9 Å². The van der Waals surface area contributed by atoms with E-state index >= 15 is 0 Å². The van der Waals surface area contributed by atoms with Gasteiger partial charge in [-0.2, -0.15) is 0 Å². The molecule has 0 amide bonds. The number of benzene rings is 2. The Labute approximate surface area is 120 Å². The van der Waals surface area contributed by atoms with Crippen LogP contribution in [0.25, 0.3) is 10.9 Å². The molecule has 0 aliphatic rings. The predicted molar refractivity (Wildman–Crippen MR) is 76.8 cm³/mol. The zero-order chi connectivity index (χ0) is 14.8. The molecule has 0 fully saturated rings. The number of aliphatic hydroxyl groups excluding tert-OH is 1. The van der Waals surface area contributed by atoms with Gasteiger partial charge in [0.15, 0.2) is 0 Å². The van der Waals surface area contributed by atoms with Crippen molar-refractivity contribution in [3.05, 3.63) is 77.5 Å². The van der Waals surface area contributed by atoms with Gasteiger partial charge in [-0.1, -0.05) is 18.2 Å². The van der Waals surface area contributed by atoms with E-state index in [1.807, 2.05) is 24.3 Å². The Bertz CT molecular complexity index is 783. The van der Waals surface area contributed by atoms with Crippen LogP contribution >= 0.6 is 0 Å². The third-order valence-electron chi connectivity index (χ3n) is 3.46. The smallest absolute Gasteiger partial charge is 0.126 e. The van der Waals surface area contributed by atoms with E-state index in [9.17, 15) is 13.9 Å². The van der Waals surface area contributed by atoms with E-state index in [-0.39, 0.29) is 12.0 Å². The molecule has 0 saturated heterocycles. The summed E-state index contributed by atoms with van der Waals surface area (Å²) in [5.41, 5.74) is 1.57. The number of para-hydroxylation sites is 1. The summed E-state index contributed by atoms with van der Waals surface area (Å²) in [5.74, 6) is -1.04. The highest BCUT2D eigenvalue weighted by molar-refractivity contribution is 5.82. The predicted octanol–water partition coefficient (Wildman–Crippen LogP) is 3.79. The third kappa shape index (κ3) is 2.76. The number of pyridine rings is 1. The molecule has 4 heteroatoms. The van der Waals surface area contributed by atoms with Crippen LogP contribution in [-0.4, -0.2) is 10.1 Å². The van der Waals surface area contributed by atoms with E-state index in [2.05, 4.69) is 4.98 Å². The topological polar surface area (TPSA) is 33.1 Å². The summed E-state index contributed by atoms with van der Waals surface area (Å²) < 4.78 is 26.9. The zero-order valence-corrected chi connectivity index (χ0v) is 11.1. The maximum absolute atomic E-state index is 13.7. The van der Waals surface area contributed by atoms with Gasteiger partial charge >= 0.3 is 0 Å². The quantitative estimate of drug-likeness (QED) is 0.794. The van der Waals surface area contributed by atoms with Gasteiger partial charge in [0.25, 0.3) is 0 Å². The lowest BCUT2D eigenvalue weighted by Gasteiger charge is -2.14. The number of nitrogens with zero attached hydrogens (tertiary/aromatic N) is 1. The number of aromatic nitrogens is 1. The van der Waals surface area contributed by atoms with E-state index in [0.29, 0.717) is 5.56 Å². The summed E-state index contributed by atoms with van der Waals surface area (Å²) in [6.45, 7) is 0. The van der Waals surface area contributed by atoms with Crippen molar-refractivity contribution in [2.45, 2.75) is 12.5 Å². The Hall–Kier alpha value is -2.33. The largest absolute Gasteiger partial charge is 0.388 e. The van der Waals surface area contributed by atoms with Crippen LogP contribution in [-0.2, 0) is 6.42 Å². The molecule has 1 N–H and O–H groups in total. The fourth-order valence-electron chi connectivity index (χ4n) is 2.43. The van der Waals surface area contributed by atoms with E-state index < -0.39 is 17.7 Å². The molecule has 1 unspecified atom stereocenters. The van der Waals surface area contributed by atoms with Gasteiger partial charge in [-0.15, -0.1) is 0 Å². The number of aliphatic hydroxyl groups is 1. The van der Waals surface area contributed by atoms with Gasteiger partial charge in [0.2, 0.25) is 0 Å². The van der Waals surface area contributed by atoms with Crippen molar-refractivity contribution in [2.75, 3.05) is 0 Å². The highest BCUT2D eigenvalue weighted by Crippen LogP contribution is 2.26. The highest BCUT2D eigenvalue weighted by Gasteiger charge is 2.15. The van der Waals surface area contributed by atoms with Gasteiger partial charge < -0.3 is 5.11 Å². The third-order valence-corrected chi connectivity index (χ3v) is 3.46. The van der Waals surface area contributed by atoms with Crippen molar-refractivity contribution in [2.24, 2.45) is 0 Å². The van der Waals surface area contributed by atoms with Crippen molar-refractivity contribution in [1.82, 2.24) is 4.98 Å². The summed E-state index contributed by atoms with van der Waals surface area (Å²) in [5, 5.41) is 11.2. The van der Waals surface area contributed by atoms with Gasteiger partial charge in [0.05, 0.1) is 11.6 Å². The standard InChI is InChI=1S/C17H13F2NO/c18-12-5-6-15(19)11(9-12)10-17(21)14-7-8-20-16-4-2-1-3-13(14)16/h1-9,17,21H,10H2. The molecule has 2 nitrogen and oxygen atoms in total. The van der Waals surface area contributed by atoms with Crippen LogP contribution in [0.3, 0.4) is 0 Å². The van der Waals surface area contributed by atoms with Crippen LogP contribution in [0, 0.1) is 11.6 Å². The first-order valence-corrected chi connectivity index (χ1v) is 6.61. The lowest BCUT2D eigenvalue weighted by Crippen LogP contribution is -2.05. The van der Waals surface area contributed by atoms with Crippen molar-refractivity contribution in [1.29, 1.82) is 0 Å². The second-order valence-corrected chi connectivity index (χ2v) is 4.87. The van der Waals surface area contributed by atoms with Crippen molar-refractivity contribution in [3.8, 4) is 0 Å². The van der Waals surface area contributed by atoms with Crippen LogP contribution in [0.15, 0.2) is 54.7 Å². The molecule has 106 valence electrons. The molecule has 1 heterocycles. The first-order valence-electron chi connectivity index (χ1n) is 6.61. The number of rotatable bonds is 3. The fourth-order valence-corrected chi connectivity index (χ4v) is 2.43. The summed E-state index contributed by atoms with van der Waals surface area (Å²) >= 11 is 0. The maximum Gasteiger partial charge on any atom is 0.126 e. The minimum absolute atomic E-state index is 0.0115. The summed E-state index contributed by atoms with van der Waals surface area (Å²) in [6, 6.07) is 12.3. The number of fused-ring (bicyclic) bond motifs is 1. The maximum atomic E-state index is 13.7. The molecule has 3 aromatic rings. The van der Waals surface area contributed by atoms with Crippen LogP contribution < -0.4 is 0 Å². The van der Waals surface area contributed by atoms with E-state index in [4.69, 9.17) is 0 Å². The van der Waals surface area contributed by atoms with Crippen LogP contribution in [0.2, 0.25) is 0 Å². The molecular weight excluding hydrogens is 272 g/mol. The molecule has 0 radical (unpaired) electrons. The number of hydrogen-bond donors (Lipinski definition) is 1. The van der Waals surface area contributed by atoms with Crippen molar-refractivity contribution in [3.63, 3.8) is 0 Å². The summed E-state index contributed by atoms with van der Waals surface area (Å²) in [4.78, 5) is 4.22. The average Bonchev–Trinajstić information content (AvgIpc) is 2.50. The molecule has 0 aliphatic carbocycles. The van der Waals surface area contributed by atoms with E-state index in [1.54, 1.807) is 12.3 Å². The average molecular weight is 285 g/mol. The fraction of sp³-hybridized carbons (Fsp3) is 0.118. The van der Waals surface area contributed by atoms with Gasteiger partial charge in [-0.3, -0.25) is 4.98 Å². The molecule has 0 saturated carbocycles. The van der Waals surface area contributed by atoms with Crippen LogP contribution in [0.1, 0.15) is 17.2 Å².